The Hall–Kier alpha value is -3.03. The molecule has 0 saturated carbocycles. The fraction of sp³-hybridized carbons (Fsp3) is 0.286. The largest absolute Gasteiger partial charge is 0.454 e. The van der Waals surface area contributed by atoms with Gasteiger partial charge in [-0.15, -0.1) is 0 Å². The fourth-order valence-electron chi connectivity index (χ4n) is 4.27. The molecule has 2 atom stereocenters. The number of aromatic nitrogens is 1. The van der Waals surface area contributed by atoms with Crippen molar-refractivity contribution in [3.8, 4) is 23.0 Å². The number of rotatable bonds is 2. The zero-order valence-electron chi connectivity index (χ0n) is 15.4. The van der Waals surface area contributed by atoms with Gasteiger partial charge in [0.25, 0.3) is 0 Å². The molecule has 0 fully saturated rings. The van der Waals surface area contributed by atoms with E-state index in [1.807, 2.05) is 37.3 Å². The molecular weight excluding hydrogens is 362 g/mol. The molecule has 28 heavy (non-hydrogen) atoms. The van der Waals surface area contributed by atoms with E-state index < -0.39 is 11.9 Å². The lowest BCUT2D eigenvalue weighted by Crippen LogP contribution is -2.25. The molecule has 7 nitrogen and oxygen atoms in total. The minimum Gasteiger partial charge on any atom is -0.454 e. The summed E-state index contributed by atoms with van der Waals surface area (Å²) >= 11 is 0. The number of hydrogen-bond donors (Lipinski definition) is 0. The van der Waals surface area contributed by atoms with Gasteiger partial charge in [-0.05, 0) is 36.6 Å². The molecule has 0 spiro atoms. The summed E-state index contributed by atoms with van der Waals surface area (Å²) in [7, 11) is 1.62. The first-order chi connectivity index (χ1) is 13.7. The van der Waals surface area contributed by atoms with Crippen molar-refractivity contribution in [1.82, 2.24) is 4.98 Å². The van der Waals surface area contributed by atoms with E-state index in [4.69, 9.17) is 33.4 Å². The predicted molar refractivity (Wildman–Crippen MR) is 97.7 cm³/mol. The Morgan fingerprint density at radius 2 is 1.79 bits per heavy atom. The van der Waals surface area contributed by atoms with Gasteiger partial charge in [0.15, 0.2) is 29.3 Å². The topological polar surface area (TPSA) is 68.3 Å². The van der Waals surface area contributed by atoms with Crippen molar-refractivity contribution >= 4 is 10.8 Å². The molecule has 3 aromatic rings. The number of methoxy groups -OCH3 is 1. The maximum absolute atomic E-state index is 6.42. The Balaban J connectivity index is 1.60. The highest BCUT2D eigenvalue weighted by Gasteiger charge is 2.48. The predicted octanol–water partition coefficient (Wildman–Crippen LogP) is 3.63. The van der Waals surface area contributed by atoms with Crippen LogP contribution in [0.15, 0.2) is 36.5 Å². The summed E-state index contributed by atoms with van der Waals surface area (Å²) in [5, 5.41) is 1.94. The van der Waals surface area contributed by atoms with Crippen molar-refractivity contribution in [1.29, 1.82) is 0 Å². The van der Waals surface area contributed by atoms with Gasteiger partial charge in [-0.1, -0.05) is 6.07 Å². The molecule has 0 radical (unpaired) electrons. The molecule has 0 amide bonds. The highest BCUT2D eigenvalue weighted by molar-refractivity contribution is 5.89. The standard InChI is InChI=1S/C21H17NO6/c1-21(13-3-4-14-18(27-10-24-14)17(13)20(23-2)28-21)19-12-8-16-15(25-9-26-16)7-11(12)5-6-22-19/h3-8,20H,9-10H2,1-2H3/t20-,21+/m0/s1. The summed E-state index contributed by atoms with van der Waals surface area (Å²) in [6, 6.07) is 9.78. The van der Waals surface area contributed by atoms with E-state index in [0.29, 0.717) is 17.2 Å². The van der Waals surface area contributed by atoms with Gasteiger partial charge >= 0.3 is 0 Å². The summed E-state index contributed by atoms with van der Waals surface area (Å²) in [4.78, 5) is 4.70. The first-order valence-corrected chi connectivity index (χ1v) is 9.01. The van der Waals surface area contributed by atoms with Crippen LogP contribution in [0.25, 0.3) is 10.8 Å². The molecule has 0 N–H and O–H groups in total. The van der Waals surface area contributed by atoms with Gasteiger partial charge in [-0.2, -0.15) is 0 Å². The SMILES string of the molecule is CO[C@H]1O[C@@](C)(c2nccc3cc4c(cc23)OCO4)c2ccc3c(c21)OCO3. The monoisotopic (exact) mass is 379 g/mol. The van der Waals surface area contributed by atoms with Gasteiger partial charge in [0.05, 0.1) is 11.3 Å². The molecular formula is C21H17NO6. The van der Waals surface area contributed by atoms with E-state index in [-0.39, 0.29) is 13.6 Å². The number of nitrogens with zero attached hydrogens (tertiary/aromatic N) is 1. The van der Waals surface area contributed by atoms with E-state index in [9.17, 15) is 0 Å². The molecule has 2 aromatic carbocycles. The van der Waals surface area contributed by atoms with Gasteiger partial charge in [0.1, 0.15) is 5.60 Å². The smallest absolute Gasteiger partial charge is 0.231 e. The molecule has 6 rings (SSSR count). The second-order valence-corrected chi connectivity index (χ2v) is 7.07. The Labute approximate surface area is 160 Å². The molecule has 1 aromatic heterocycles. The van der Waals surface area contributed by atoms with Crippen molar-refractivity contribution in [2.24, 2.45) is 0 Å². The van der Waals surface area contributed by atoms with Crippen LogP contribution in [0.2, 0.25) is 0 Å². The van der Waals surface area contributed by atoms with Gasteiger partial charge in [-0.25, -0.2) is 0 Å². The first kappa shape index (κ1) is 16.0. The zero-order chi connectivity index (χ0) is 18.9. The van der Waals surface area contributed by atoms with Crippen LogP contribution in [0.5, 0.6) is 23.0 Å². The fourth-order valence-corrected chi connectivity index (χ4v) is 4.27. The first-order valence-electron chi connectivity index (χ1n) is 9.01. The van der Waals surface area contributed by atoms with Crippen LogP contribution >= 0.6 is 0 Å². The molecule has 3 aliphatic rings. The molecule has 3 aliphatic heterocycles. The average molecular weight is 379 g/mol. The summed E-state index contributed by atoms with van der Waals surface area (Å²) in [5.41, 5.74) is 1.74. The number of ether oxygens (including phenoxy) is 6. The van der Waals surface area contributed by atoms with Crippen molar-refractivity contribution in [2.75, 3.05) is 20.7 Å². The van der Waals surface area contributed by atoms with E-state index in [1.54, 1.807) is 13.3 Å². The number of hydrogen-bond acceptors (Lipinski definition) is 7. The van der Waals surface area contributed by atoms with Crippen LogP contribution in [0, 0.1) is 0 Å². The van der Waals surface area contributed by atoms with Gasteiger partial charge < -0.3 is 28.4 Å². The highest BCUT2D eigenvalue weighted by atomic mass is 16.7. The Kier molecular flexibility index (Phi) is 3.14. The van der Waals surface area contributed by atoms with E-state index in [2.05, 4.69) is 0 Å². The summed E-state index contributed by atoms with van der Waals surface area (Å²) in [6.45, 7) is 2.41. The Morgan fingerprint density at radius 1 is 1.00 bits per heavy atom. The van der Waals surface area contributed by atoms with Gasteiger partial charge in [0.2, 0.25) is 13.6 Å². The van der Waals surface area contributed by atoms with E-state index in [0.717, 1.165) is 33.3 Å². The van der Waals surface area contributed by atoms with Crippen molar-refractivity contribution in [2.45, 2.75) is 18.8 Å². The highest BCUT2D eigenvalue weighted by Crippen LogP contribution is 2.55. The second kappa shape index (κ2) is 5.50. The summed E-state index contributed by atoms with van der Waals surface area (Å²) in [5.74, 6) is 2.81. The van der Waals surface area contributed by atoms with Crippen LogP contribution in [0.1, 0.15) is 30.0 Å². The third-order valence-corrected chi connectivity index (χ3v) is 5.59. The Morgan fingerprint density at radius 3 is 2.64 bits per heavy atom. The third-order valence-electron chi connectivity index (χ3n) is 5.59. The molecule has 0 saturated heterocycles. The maximum Gasteiger partial charge on any atom is 0.231 e. The number of benzene rings is 2. The van der Waals surface area contributed by atoms with Crippen LogP contribution in [-0.4, -0.2) is 25.7 Å². The van der Waals surface area contributed by atoms with Gasteiger partial charge in [-0.3, -0.25) is 4.98 Å². The van der Waals surface area contributed by atoms with Crippen LogP contribution in [0.3, 0.4) is 0 Å². The average Bonchev–Trinajstić information content (AvgIpc) is 3.42. The second-order valence-electron chi connectivity index (χ2n) is 7.07. The molecule has 142 valence electrons. The lowest BCUT2D eigenvalue weighted by atomic mass is 9.87. The number of pyridine rings is 1. The molecule has 7 heteroatoms. The van der Waals surface area contributed by atoms with Crippen molar-refractivity contribution < 1.29 is 28.4 Å². The maximum atomic E-state index is 6.42. The quantitative estimate of drug-likeness (QED) is 0.673. The normalized spacial score (nSPS) is 24.0. The van der Waals surface area contributed by atoms with Crippen LogP contribution in [0.4, 0.5) is 0 Å². The zero-order valence-corrected chi connectivity index (χ0v) is 15.4. The lowest BCUT2D eigenvalue weighted by molar-refractivity contribution is -0.168. The van der Waals surface area contributed by atoms with Crippen molar-refractivity contribution in [3.63, 3.8) is 0 Å². The minimum atomic E-state index is -0.829. The molecule has 0 aliphatic carbocycles. The third kappa shape index (κ3) is 1.97. The molecule has 4 heterocycles. The lowest BCUT2D eigenvalue weighted by Gasteiger charge is -2.26. The molecule has 0 unspecified atom stereocenters. The van der Waals surface area contributed by atoms with Crippen LogP contribution in [-0.2, 0) is 15.1 Å². The minimum absolute atomic E-state index is 0.189. The van der Waals surface area contributed by atoms with E-state index in [1.165, 1.54) is 0 Å². The van der Waals surface area contributed by atoms with Crippen molar-refractivity contribution in [3.05, 3.63) is 53.3 Å². The molecule has 0 bridgehead atoms. The van der Waals surface area contributed by atoms with E-state index >= 15 is 0 Å². The van der Waals surface area contributed by atoms with Crippen LogP contribution < -0.4 is 18.9 Å². The Bertz CT molecular complexity index is 1130. The summed E-state index contributed by atoms with van der Waals surface area (Å²) < 4.78 is 34.4. The number of fused-ring (bicyclic) bond motifs is 5. The van der Waals surface area contributed by atoms with Gasteiger partial charge in [0, 0.05) is 24.3 Å². The summed E-state index contributed by atoms with van der Waals surface area (Å²) in [6.07, 6.45) is 1.20.